The van der Waals surface area contributed by atoms with Crippen LogP contribution in [0.2, 0.25) is 5.02 Å². The van der Waals surface area contributed by atoms with Crippen LogP contribution in [0, 0.1) is 0 Å². The largest absolute Gasteiger partial charge is 0.459 e. The lowest BCUT2D eigenvalue weighted by molar-refractivity contribution is 0.0971. The molecule has 1 heterocycles. The van der Waals surface area contributed by atoms with Crippen molar-refractivity contribution in [3.63, 3.8) is 0 Å². The molecule has 1 aromatic carbocycles. The Bertz CT molecular complexity index is 703. The number of amides is 1. The molecule has 5 heteroatoms. The Balaban J connectivity index is 1.81. The van der Waals surface area contributed by atoms with Crippen LogP contribution in [0.5, 0.6) is 0 Å². The van der Waals surface area contributed by atoms with E-state index < -0.39 is 5.91 Å². The normalized spacial score (nSPS) is 24.5. The summed E-state index contributed by atoms with van der Waals surface area (Å²) in [5.74, 6) is 0.0728. The standard InChI is InChI=1S/C18H21ClN2O2/c19-14-3-1-2-13(10-14)18(11-20)7-4-12(5-8-18)15-6-9-23-16(15)17(21)22/h1-3,6,9-10,12H,4-5,7-8,11,20H2,(H2,21,22). The molecule has 0 spiro atoms. The molecule has 0 atom stereocenters. The highest BCUT2D eigenvalue weighted by atomic mass is 35.5. The average molecular weight is 333 g/mol. The van der Waals surface area contributed by atoms with Gasteiger partial charge < -0.3 is 15.9 Å². The number of hydrogen-bond acceptors (Lipinski definition) is 3. The second-order valence-corrected chi connectivity index (χ2v) is 6.77. The average Bonchev–Trinajstić information content (AvgIpc) is 3.05. The first-order chi connectivity index (χ1) is 11.1. The molecule has 1 aliphatic carbocycles. The Morgan fingerprint density at radius 1 is 1.30 bits per heavy atom. The number of halogens is 1. The molecule has 1 fully saturated rings. The molecule has 4 nitrogen and oxygen atoms in total. The topological polar surface area (TPSA) is 82.2 Å². The van der Waals surface area contributed by atoms with Crippen molar-refractivity contribution in [2.75, 3.05) is 6.54 Å². The van der Waals surface area contributed by atoms with Crippen LogP contribution >= 0.6 is 11.6 Å². The predicted molar refractivity (Wildman–Crippen MR) is 90.6 cm³/mol. The number of carbonyl (C=O) groups is 1. The smallest absolute Gasteiger partial charge is 0.284 e. The summed E-state index contributed by atoms with van der Waals surface area (Å²) in [6, 6.07) is 9.83. The molecule has 4 N–H and O–H groups in total. The van der Waals surface area contributed by atoms with Gasteiger partial charge in [0.05, 0.1) is 6.26 Å². The van der Waals surface area contributed by atoms with Gasteiger partial charge in [0.25, 0.3) is 5.91 Å². The van der Waals surface area contributed by atoms with Crippen molar-refractivity contribution < 1.29 is 9.21 Å². The number of hydrogen-bond donors (Lipinski definition) is 2. The van der Waals surface area contributed by atoms with Crippen LogP contribution in [0.3, 0.4) is 0 Å². The molecule has 1 saturated carbocycles. The third kappa shape index (κ3) is 3.01. The van der Waals surface area contributed by atoms with Crippen molar-refractivity contribution in [2.45, 2.75) is 37.0 Å². The van der Waals surface area contributed by atoms with Crippen LogP contribution in [0.1, 0.15) is 53.3 Å². The molecular weight excluding hydrogens is 312 g/mol. The van der Waals surface area contributed by atoms with E-state index in [1.807, 2.05) is 24.3 Å². The maximum atomic E-state index is 11.5. The molecule has 0 saturated heterocycles. The zero-order valence-electron chi connectivity index (χ0n) is 12.9. The first-order valence-electron chi connectivity index (χ1n) is 7.89. The second kappa shape index (κ2) is 6.38. The van der Waals surface area contributed by atoms with Crippen molar-refractivity contribution >= 4 is 17.5 Å². The Hall–Kier alpha value is -1.78. The summed E-state index contributed by atoms with van der Waals surface area (Å²) >= 11 is 6.14. The highest BCUT2D eigenvalue weighted by Gasteiger charge is 2.37. The lowest BCUT2D eigenvalue weighted by Crippen LogP contribution is -2.38. The maximum Gasteiger partial charge on any atom is 0.284 e. The SMILES string of the molecule is NCC1(c2cccc(Cl)c2)CCC(c2ccoc2C(N)=O)CC1. The fourth-order valence-corrected chi connectivity index (χ4v) is 3.94. The van der Waals surface area contributed by atoms with E-state index in [1.165, 1.54) is 11.8 Å². The number of benzene rings is 1. The van der Waals surface area contributed by atoms with Gasteiger partial charge in [-0.15, -0.1) is 0 Å². The van der Waals surface area contributed by atoms with Crippen LogP contribution in [0.15, 0.2) is 41.0 Å². The Morgan fingerprint density at radius 2 is 2.04 bits per heavy atom. The van der Waals surface area contributed by atoms with Gasteiger partial charge in [-0.25, -0.2) is 0 Å². The van der Waals surface area contributed by atoms with E-state index in [-0.39, 0.29) is 17.1 Å². The maximum absolute atomic E-state index is 11.5. The monoisotopic (exact) mass is 332 g/mol. The summed E-state index contributed by atoms with van der Waals surface area (Å²) < 4.78 is 5.24. The first-order valence-corrected chi connectivity index (χ1v) is 8.27. The van der Waals surface area contributed by atoms with Gasteiger partial charge in [-0.1, -0.05) is 23.7 Å². The third-order valence-electron chi connectivity index (χ3n) is 5.13. The molecule has 0 unspecified atom stereocenters. The number of primary amides is 1. The van der Waals surface area contributed by atoms with E-state index in [2.05, 4.69) is 6.07 Å². The Labute approximate surface area is 140 Å². The van der Waals surface area contributed by atoms with E-state index in [9.17, 15) is 4.79 Å². The fourth-order valence-electron chi connectivity index (χ4n) is 3.75. The summed E-state index contributed by atoms with van der Waals surface area (Å²) in [6.45, 7) is 0.591. The predicted octanol–water partition coefficient (Wildman–Crippen LogP) is 3.59. The number of rotatable bonds is 4. The zero-order valence-corrected chi connectivity index (χ0v) is 13.7. The van der Waals surface area contributed by atoms with Crippen molar-refractivity contribution in [3.05, 3.63) is 58.5 Å². The van der Waals surface area contributed by atoms with Crippen molar-refractivity contribution in [1.82, 2.24) is 0 Å². The summed E-state index contributed by atoms with van der Waals surface area (Å²) in [5, 5.41) is 0.739. The number of nitrogens with two attached hydrogens (primary N) is 2. The number of carbonyl (C=O) groups excluding carboxylic acids is 1. The molecule has 0 aliphatic heterocycles. The van der Waals surface area contributed by atoms with Crippen LogP contribution in [0.25, 0.3) is 0 Å². The van der Waals surface area contributed by atoms with Crippen LogP contribution in [-0.4, -0.2) is 12.5 Å². The van der Waals surface area contributed by atoms with Crippen LogP contribution in [0.4, 0.5) is 0 Å². The molecule has 3 rings (SSSR count). The van der Waals surface area contributed by atoms with Gasteiger partial charge in [-0.2, -0.15) is 0 Å². The molecule has 0 bridgehead atoms. The minimum absolute atomic E-state index is 0.0436. The van der Waals surface area contributed by atoms with E-state index in [0.29, 0.717) is 6.54 Å². The van der Waals surface area contributed by atoms with E-state index in [4.69, 9.17) is 27.5 Å². The van der Waals surface area contributed by atoms with E-state index in [0.717, 1.165) is 36.3 Å². The van der Waals surface area contributed by atoms with E-state index >= 15 is 0 Å². The Kier molecular flexibility index (Phi) is 4.46. The lowest BCUT2D eigenvalue weighted by atomic mass is 9.65. The Morgan fingerprint density at radius 3 is 2.65 bits per heavy atom. The zero-order chi connectivity index (χ0) is 16.4. The van der Waals surface area contributed by atoms with Gasteiger partial charge in [0.2, 0.25) is 0 Å². The van der Waals surface area contributed by atoms with E-state index in [1.54, 1.807) is 0 Å². The molecule has 0 radical (unpaired) electrons. The first kappa shape index (κ1) is 16.1. The van der Waals surface area contributed by atoms with Crippen molar-refractivity contribution in [3.8, 4) is 0 Å². The molecule has 1 amide bonds. The quantitative estimate of drug-likeness (QED) is 0.897. The van der Waals surface area contributed by atoms with Crippen LogP contribution in [-0.2, 0) is 5.41 Å². The molecular formula is C18H21ClN2O2. The molecule has 2 aromatic rings. The number of furan rings is 1. The summed E-state index contributed by atoms with van der Waals surface area (Å²) in [6.07, 6.45) is 5.35. The highest BCUT2D eigenvalue weighted by molar-refractivity contribution is 6.30. The molecule has 1 aliphatic rings. The minimum Gasteiger partial charge on any atom is -0.459 e. The fraction of sp³-hybridized carbons (Fsp3) is 0.389. The summed E-state index contributed by atoms with van der Waals surface area (Å²) in [7, 11) is 0. The summed E-state index contributed by atoms with van der Waals surface area (Å²) in [4.78, 5) is 11.5. The van der Waals surface area contributed by atoms with Gasteiger partial charge >= 0.3 is 0 Å². The molecule has 23 heavy (non-hydrogen) atoms. The van der Waals surface area contributed by atoms with Crippen molar-refractivity contribution in [1.29, 1.82) is 0 Å². The van der Waals surface area contributed by atoms with Gasteiger partial charge in [-0.3, -0.25) is 4.79 Å². The van der Waals surface area contributed by atoms with Crippen molar-refractivity contribution in [2.24, 2.45) is 11.5 Å². The van der Waals surface area contributed by atoms with Gasteiger partial charge in [0, 0.05) is 22.5 Å². The summed E-state index contributed by atoms with van der Waals surface area (Å²) in [5.41, 5.74) is 13.6. The van der Waals surface area contributed by atoms with Crippen LogP contribution < -0.4 is 11.5 Å². The van der Waals surface area contributed by atoms with Gasteiger partial charge in [0.15, 0.2) is 5.76 Å². The molecule has 1 aromatic heterocycles. The van der Waals surface area contributed by atoms with Gasteiger partial charge in [0.1, 0.15) is 0 Å². The lowest BCUT2D eigenvalue weighted by Gasteiger charge is -2.40. The van der Waals surface area contributed by atoms with Gasteiger partial charge in [-0.05, 0) is 55.4 Å². The molecule has 122 valence electrons. The minimum atomic E-state index is -0.504. The second-order valence-electron chi connectivity index (χ2n) is 6.34. The third-order valence-corrected chi connectivity index (χ3v) is 5.36. The highest BCUT2D eigenvalue weighted by Crippen LogP contribution is 2.45.